The molecule has 1 amide bonds. The second kappa shape index (κ2) is 8.93. The van der Waals surface area contributed by atoms with Gasteiger partial charge in [-0.2, -0.15) is 0 Å². The fourth-order valence-corrected chi connectivity index (χ4v) is 3.32. The van der Waals surface area contributed by atoms with E-state index in [-0.39, 0.29) is 12.5 Å². The Morgan fingerprint density at radius 1 is 1.00 bits per heavy atom. The lowest BCUT2D eigenvalue weighted by molar-refractivity contribution is -0.118. The largest absolute Gasteiger partial charge is 0.497 e. The number of halogens is 1. The third-order valence-corrected chi connectivity index (χ3v) is 4.96. The SMILES string of the molecule is COc1ccc(-c2cc(=O)oc3cc(OCC(=O)Nc4ccccc4Cl)ccc23)cc1. The molecule has 7 heteroatoms. The van der Waals surface area contributed by atoms with E-state index < -0.39 is 5.63 Å². The number of benzene rings is 3. The molecule has 0 atom stereocenters. The number of methoxy groups -OCH3 is 1. The molecule has 0 aliphatic carbocycles. The zero-order valence-corrected chi connectivity index (χ0v) is 17.3. The summed E-state index contributed by atoms with van der Waals surface area (Å²) in [5, 5.41) is 3.87. The van der Waals surface area contributed by atoms with Crippen LogP contribution >= 0.6 is 11.6 Å². The van der Waals surface area contributed by atoms with Gasteiger partial charge < -0.3 is 19.2 Å². The molecule has 0 unspecified atom stereocenters. The van der Waals surface area contributed by atoms with Crippen LogP contribution in [0.1, 0.15) is 0 Å². The van der Waals surface area contributed by atoms with Crippen LogP contribution in [-0.4, -0.2) is 19.6 Å². The number of para-hydroxylation sites is 1. The van der Waals surface area contributed by atoms with Crippen LogP contribution in [0.3, 0.4) is 0 Å². The van der Waals surface area contributed by atoms with Gasteiger partial charge in [-0.1, -0.05) is 35.9 Å². The van der Waals surface area contributed by atoms with Crippen LogP contribution in [0.4, 0.5) is 5.69 Å². The zero-order valence-electron chi connectivity index (χ0n) is 16.6. The van der Waals surface area contributed by atoms with Crippen LogP contribution < -0.4 is 20.4 Å². The third-order valence-electron chi connectivity index (χ3n) is 4.63. The van der Waals surface area contributed by atoms with E-state index in [9.17, 15) is 9.59 Å². The fraction of sp³-hybridized carbons (Fsp3) is 0.0833. The number of ether oxygens (including phenoxy) is 2. The maximum absolute atomic E-state index is 12.2. The summed E-state index contributed by atoms with van der Waals surface area (Å²) in [5.41, 5.74) is 1.98. The Morgan fingerprint density at radius 2 is 1.74 bits per heavy atom. The van der Waals surface area contributed by atoms with Crippen molar-refractivity contribution in [3.8, 4) is 22.6 Å². The Kier molecular flexibility index (Phi) is 5.91. The first-order valence-corrected chi connectivity index (χ1v) is 9.81. The van der Waals surface area contributed by atoms with Crippen LogP contribution in [-0.2, 0) is 4.79 Å². The van der Waals surface area contributed by atoms with E-state index in [1.807, 2.05) is 24.3 Å². The number of carbonyl (C=O) groups excluding carboxylic acids is 1. The molecule has 4 aromatic rings. The molecule has 0 saturated heterocycles. The molecular weight excluding hydrogens is 418 g/mol. The highest BCUT2D eigenvalue weighted by molar-refractivity contribution is 6.33. The minimum absolute atomic E-state index is 0.223. The van der Waals surface area contributed by atoms with Crippen molar-refractivity contribution in [2.75, 3.05) is 19.0 Å². The van der Waals surface area contributed by atoms with Gasteiger partial charge in [-0.05, 0) is 47.5 Å². The van der Waals surface area contributed by atoms with Gasteiger partial charge >= 0.3 is 5.63 Å². The molecule has 1 heterocycles. The number of hydrogen-bond acceptors (Lipinski definition) is 5. The van der Waals surface area contributed by atoms with Gasteiger partial charge in [0.2, 0.25) is 0 Å². The standard InChI is InChI=1S/C24H18ClNO5/c1-29-16-8-6-15(7-9-16)19-13-24(28)31-22-12-17(10-11-18(19)22)30-14-23(27)26-21-5-3-2-4-20(21)25/h2-13H,14H2,1H3,(H,26,27). The van der Waals surface area contributed by atoms with Gasteiger partial charge in [0.1, 0.15) is 17.1 Å². The van der Waals surface area contributed by atoms with Gasteiger partial charge in [-0.3, -0.25) is 4.79 Å². The lowest BCUT2D eigenvalue weighted by Crippen LogP contribution is -2.20. The number of rotatable bonds is 6. The summed E-state index contributed by atoms with van der Waals surface area (Å²) in [6.45, 7) is -0.223. The molecule has 31 heavy (non-hydrogen) atoms. The highest BCUT2D eigenvalue weighted by atomic mass is 35.5. The summed E-state index contributed by atoms with van der Waals surface area (Å²) in [6, 6.07) is 20.9. The molecule has 6 nitrogen and oxygen atoms in total. The van der Waals surface area contributed by atoms with E-state index in [1.165, 1.54) is 6.07 Å². The second-order valence-corrected chi connectivity index (χ2v) is 7.09. The molecule has 0 aliphatic heterocycles. The lowest BCUT2D eigenvalue weighted by atomic mass is 10.0. The van der Waals surface area contributed by atoms with Crippen LogP contribution in [0.15, 0.2) is 82.0 Å². The number of carbonyl (C=O) groups is 1. The Labute approximate surface area is 183 Å². The predicted octanol–water partition coefficient (Wildman–Crippen LogP) is 5.14. The van der Waals surface area contributed by atoms with Crippen molar-refractivity contribution in [1.82, 2.24) is 0 Å². The number of amides is 1. The second-order valence-electron chi connectivity index (χ2n) is 6.68. The molecule has 0 saturated carbocycles. The average molecular weight is 436 g/mol. The lowest BCUT2D eigenvalue weighted by Gasteiger charge is -2.10. The van der Waals surface area contributed by atoms with Crippen molar-refractivity contribution in [2.45, 2.75) is 0 Å². The van der Waals surface area contributed by atoms with Crippen molar-refractivity contribution in [3.63, 3.8) is 0 Å². The van der Waals surface area contributed by atoms with Crippen molar-refractivity contribution in [1.29, 1.82) is 0 Å². The van der Waals surface area contributed by atoms with Crippen molar-refractivity contribution in [3.05, 3.63) is 88.2 Å². The molecule has 1 aromatic heterocycles. The van der Waals surface area contributed by atoms with Crippen LogP contribution in [0.25, 0.3) is 22.1 Å². The van der Waals surface area contributed by atoms with E-state index in [1.54, 1.807) is 49.6 Å². The topological polar surface area (TPSA) is 77.8 Å². The van der Waals surface area contributed by atoms with Gasteiger partial charge in [0, 0.05) is 17.5 Å². The summed E-state index contributed by atoms with van der Waals surface area (Å²) in [4.78, 5) is 24.3. The Bertz CT molecular complexity index is 1300. The third kappa shape index (κ3) is 4.70. The van der Waals surface area contributed by atoms with E-state index in [0.29, 0.717) is 22.0 Å². The predicted molar refractivity (Wildman–Crippen MR) is 120 cm³/mol. The van der Waals surface area contributed by atoms with Gasteiger partial charge in [-0.15, -0.1) is 0 Å². The molecular formula is C24H18ClNO5. The Hall–Kier alpha value is -3.77. The molecule has 3 aromatic carbocycles. The summed E-state index contributed by atoms with van der Waals surface area (Å²) in [7, 11) is 1.60. The first-order chi connectivity index (χ1) is 15.0. The quantitative estimate of drug-likeness (QED) is 0.424. The van der Waals surface area contributed by atoms with Crippen molar-refractivity contribution < 1.29 is 18.7 Å². The molecule has 1 N–H and O–H groups in total. The van der Waals surface area contributed by atoms with Crippen LogP contribution in [0, 0.1) is 0 Å². The molecule has 0 spiro atoms. The van der Waals surface area contributed by atoms with Crippen LogP contribution in [0.5, 0.6) is 11.5 Å². The number of hydrogen-bond donors (Lipinski definition) is 1. The van der Waals surface area contributed by atoms with E-state index in [2.05, 4.69) is 5.32 Å². The van der Waals surface area contributed by atoms with E-state index in [4.69, 9.17) is 25.5 Å². The van der Waals surface area contributed by atoms with Crippen molar-refractivity contribution >= 4 is 34.2 Å². The monoisotopic (exact) mass is 435 g/mol. The normalized spacial score (nSPS) is 10.6. The van der Waals surface area contributed by atoms with Gasteiger partial charge in [0.15, 0.2) is 6.61 Å². The molecule has 0 fully saturated rings. The molecule has 156 valence electrons. The highest BCUT2D eigenvalue weighted by Crippen LogP contribution is 2.30. The highest BCUT2D eigenvalue weighted by Gasteiger charge is 2.11. The number of nitrogens with one attached hydrogen (secondary N) is 1. The first kappa shape index (κ1) is 20.5. The summed E-state index contributed by atoms with van der Waals surface area (Å²) < 4.78 is 16.1. The minimum atomic E-state index is -0.480. The molecule has 0 aliphatic rings. The summed E-state index contributed by atoms with van der Waals surface area (Å²) in [6.07, 6.45) is 0. The maximum Gasteiger partial charge on any atom is 0.336 e. The number of anilines is 1. The van der Waals surface area contributed by atoms with Crippen molar-refractivity contribution in [2.24, 2.45) is 0 Å². The van der Waals surface area contributed by atoms with E-state index >= 15 is 0 Å². The maximum atomic E-state index is 12.2. The summed E-state index contributed by atoms with van der Waals surface area (Å²) >= 11 is 6.04. The Morgan fingerprint density at radius 3 is 2.48 bits per heavy atom. The number of fused-ring (bicyclic) bond motifs is 1. The average Bonchev–Trinajstić information content (AvgIpc) is 2.78. The first-order valence-electron chi connectivity index (χ1n) is 9.43. The summed E-state index contributed by atoms with van der Waals surface area (Å²) in [5.74, 6) is 0.764. The zero-order chi connectivity index (χ0) is 21.8. The Balaban J connectivity index is 1.54. The molecule has 0 bridgehead atoms. The van der Waals surface area contributed by atoms with Gasteiger partial charge in [-0.25, -0.2) is 4.79 Å². The smallest absolute Gasteiger partial charge is 0.336 e. The van der Waals surface area contributed by atoms with E-state index in [0.717, 1.165) is 22.3 Å². The van der Waals surface area contributed by atoms with Gasteiger partial charge in [0.25, 0.3) is 5.91 Å². The van der Waals surface area contributed by atoms with Crippen LogP contribution in [0.2, 0.25) is 5.02 Å². The minimum Gasteiger partial charge on any atom is -0.497 e. The fourth-order valence-electron chi connectivity index (χ4n) is 3.14. The van der Waals surface area contributed by atoms with Gasteiger partial charge in [0.05, 0.1) is 17.8 Å². The molecule has 0 radical (unpaired) electrons. The molecule has 4 rings (SSSR count).